The van der Waals surface area contributed by atoms with Crippen molar-refractivity contribution in [1.29, 1.82) is 0 Å². The fourth-order valence-electron chi connectivity index (χ4n) is 1.92. The van der Waals surface area contributed by atoms with Gasteiger partial charge in [0.05, 0.1) is 0 Å². The van der Waals surface area contributed by atoms with Gasteiger partial charge in [0.15, 0.2) is 0 Å². The van der Waals surface area contributed by atoms with E-state index >= 15 is 0 Å². The van der Waals surface area contributed by atoms with E-state index in [0.717, 1.165) is 16.6 Å². The molecule has 3 heteroatoms. The summed E-state index contributed by atoms with van der Waals surface area (Å²) in [6.45, 7) is 0. The third-order valence-corrected chi connectivity index (χ3v) is 2.75. The second-order valence-corrected chi connectivity index (χ2v) is 3.88. The molecule has 1 aromatic heterocycles. The van der Waals surface area contributed by atoms with E-state index in [2.05, 4.69) is 11.1 Å². The van der Waals surface area contributed by atoms with Crippen LogP contribution >= 0.6 is 0 Å². The zero-order chi connectivity index (χ0) is 11.7. The van der Waals surface area contributed by atoms with Crippen LogP contribution in [0.25, 0.3) is 22.0 Å². The van der Waals surface area contributed by atoms with Crippen LogP contribution in [0.4, 0.5) is 0 Å². The van der Waals surface area contributed by atoms with Crippen LogP contribution in [0.3, 0.4) is 0 Å². The van der Waals surface area contributed by atoms with E-state index in [9.17, 15) is 4.79 Å². The molecule has 3 aromatic rings. The molecule has 18 heavy (non-hydrogen) atoms. The SMILES string of the molecule is O=c1[nH]c(-c2[c-]cccc2)cc2ccccc12.[W]. The number of aromatic nitrogens is 1. The summed E-state index contributed by atoms with van der Waals surface area (Å²) in [6.07, 6.45) is 0. The van der Waals surface area contributed by atoms with Crippen molar-refractivity contribution in [3.63, 3.8) is 0 Å². The average molecular weight is 404 g/mol. The molecule has 0 aliphatic carbocycles. The third kappa shape index (κ3) is 2.30. The summed E-state index contributed by atoms with van der Waals surface area (Å²) in [7, 11) is 0. The Morgan fingerprint density at radius 1 is 1.00 bits per heavy atom. The quantitative estimate of drug-likeness (QED) is 0.622. The summed E-state index contributed by atoms with van der Waals surface area (Å²) in [5, 5.41) is 1.66. The molecule has 0 saturated heterocycles. The van der Waals surface area contributed by atoms with Crippen LogP contribution in [-0.2, 0) is 21.1 Å². The minimum Gasteiger partial charge on any atom is -0.362 e. The Bertz CT molecular complexity index is 719. The molecule has 0 aliphatic rings. The molecule has 0 bridgehead atoms. The molecular formula is C15H10NOW-. The van der Waals surface area contributed by atoms with E-state index in [1.54, 1.807) is 0 Å². The fraction of sp³-hybridized carbons (Fsp3) is 0. The van der Waals surface area contributed by atoms with Crippen molar-refractivity contribution in [2.75, 3.05) is 0 Å². The minimum atomic E-state index is -0.0599. The molecule has 0 atom stereocenters. The number of hydrogen-bond donors (Lipinski definition) is 1. The Kier molecular flexibility index (Phi) is 3.78. The summed E-state index contributed by atoms with van der Waals surface area (Å²) in [4.78, 5) is 14.8. The van der Waals surface area contributed by atoms with Crippen molar-refractivity contribution in [1.82, 2.24) is 4.98 Å². The largest absolute Gasteiger partial charge is 0.362 e. The van der Waals surface area contributed by atoms with Crippen molar-refractivity contribution in [2.45, 2.75) is 0 Å². The van der Waals surface area contributed by atoms with Crippen LogP contribution in [0.5, 0.6) is 0 Å². The van der Waals surface area contributed by atoms with E-state index in [0.29, 0.717) is 5.39 Å². The predicted molar refractivity (Wildman–Crippen MR) is 68.8 cm³/mol. The maximum Gasteiger partial charge on any atom is 0.248 e. The molecule has 88 valence electrons. The molecule has 3 rings (SSSR count). The van der Waals surface area contributed by atoms with Gasteiger partial charge in [0.1, 0.15) is 0 Å². The van der Waals surface area contributed by atoms with E-state index in [4.69, 9.17) is 0 Å². The van der Waals surface area contributed by atoms with Gasteiger partial charge < -0.3 is 4.98 Å². The Labute approximate surface area is 119 Å². The van der Waals surface area contributed by atoms with Gasteiger partial charge in [-0.1, -0.05) is 24.3 Å². The van der Waals surface area contributed by atoms with Crippen LogP contribution in [-0.4, -0.2) is 4.98 Å². The van der Waals surface area contributed by atoms with E-state index < -0.39 is 0 Å². The molecule has 0 amide bonds. The van der Waals surface area contributed by atoms with E-state index in [-0.39, 0.29) is 26.6 Å². The standard InChI is InChI=1S/C15H10NO.W/c17-15-13-9-5-4-8-12(13)10-14(16-15)11-6-2-1-3-7-11;/h1-6,8-10H,(H,16,17);/q-1;. The summed E-state index contributed by atoms with van der Waals surface area (Å²) in [5.41, 5.74) is 1.64. The number of benzene rings is 2. The van der Waals surface area contributed by atoms with Crippen molar-refractivity contribution < 1.29 is 21.1 Å². The van der Waals surface area contributed by atoms with Gasteiger partial charge in [-0.25, -0.2) is 0 Å². The number of hydrogen-bond acceptors (Lipinski definition) is 1. The van der Waals surface area contributed by atoms with Gasteiger partial charge in [-0.15, -0.1) is 35.9 Å². The fourth-order valence-corrected chi connectivity index (χ4v) is 1.92. The molecule has 0 saturated carbocycles. The van der Waals surface area contributed by atoms with Gasteiger partial charge in [-0.05, 0) is 17.1 Å². The zero-order valence-electron chi connectivity index (χ0n) is 9.51. The van der Waals surface area contributed by atoms with Crippen LogP contribution in [0.1, 0.15) is 0 Å². The Hall–Kier alpha value is -1.66. The van der Waals surface area contributed by atoms with E-state index in [1.807, 2.05) is 54.6 Å². The first-order valence-corrected chi connectivity index (χ1v) is 5.44. The molecule has 0 aliphatic heterocycles. The van der Waals surface area contributed by atoms with Crippen LogP contribution < -0.4 is 5.56 Å². The molecule has 0 unspecified atom stereocenters. The first-order valence-electron chi connectivity index (χ1n) is 5.44. The number of fused-ring (bicyclic) bond motifs is 1. The molecule has 1 heterocycles. The summed E-state index contributed by atoms with van der Waals surface area (Å²) >= 11 is 0. The van der Waals surface area contributed by atoms with Gasteiger partial charge in [0, 0.05) is 26.5 Å². The number of nitrogens with one attached hydrogen (secondary N) is 1. The summed E-state index contributed by atoms with van der Waals surface area (Å²) in [5.74, 6) is 0. The predicted octanol–water partition coefficient (Wildman–Crippen LogP) is 2.99. The van der Waals surface area contributed by atoms with Gasteiger partial charge in [-0.3, -0.25) is 4.79 Å². The Morgan fingerprint density at radius 3 is 2.56 bits per heavy atom. The first-order chi connectivity index (χ1) is 8.34. The van der Waals surface area contributed by atoms with Crippen molar-refractivity contribution >= 4 is 10.8 Å². The summed E-state index contributed by atoms with van der Waals surface area (Å²) in [6, 6.07) is 20.2. The molecule has 0 radical (unpaired) electrons. The van der Waals surface area contributed by atoms with Crippen LogP contribution in [0, 0.1) is 6.07 Å². The second kappa shape index (κ2) is 5.32. The Balaban J connectivity index is 0.00000120. The van der Waals surface area contributed by atoms with Crippen LogP contribution in [0.15, 0.2) is 59.4 Å². The van der Waals surface area contributed by atoms with Gasteiger partial charge in [-0.2, -0.15) is 0 Å². The van der Waals surface area contributed by atoms with Crippen molar-refractivity contribution in [3.8, 4) is 11.3 Å². The van der Waals surface area contributed by atoms with E-state index in [1.165, 1.54) is 0 Å². The molecule has 2 nitrogen and oxygen atoms in total. The first kappa shape index (κ1) is 12.8. The number of aromatic amines is 1. The molecule has 2 aromatic carbocycles. The van der Waals surface area contributed by atoms with Crippen molar-refractivity contribution in [2.24, 2.45) is 0 Å². The minimum absolute atomic E-state index is 0. The second-order valence-electron chi connectivity index (χ2n) is 3.88. The average Bonchev–Trinajstić information content (AvgIpc) is 2.40. The number of rotatable bonds is 1. The molecular weight excluding hydrogens is 394 g/mol. The third-order valence-electron chi connectivity index (χ3n) is 2.75. The monoisotopic (exact) mass is 404 g/mol. The molecule has 0 fully saturated rings. The number of H-pyrrole nitrogens is 1. The Morgan fingerprint density at radius 2 is 1.78 bits per heavy atom. The maximum atomic E-state index is 11.9. The van der Waals surface area contributed by atoms with Gasteiger partial charge in [0.2, 0.25) is 5.56 Å². The normalized spacial score (nSPS) is 10.0. The molecule has 1 N–H and O–H groups in total. The zero-order valence-corrected chi connectivity index (χ0v) is 12.4. The molecule has 0 spiro atoms. The van der Waals surface area contributed by atoms with Crippen molar-refractivity contribution in [3.05, 3.63) is 71.0 Å². The summed E-state index contributed by atoms with van der Waals surface area (Å²) < 4.78 is 0. The maximum absolute atomic E-state index is 11.9. The van der Waals surface area contributed by atoms with Gasteiger partial charge >= 0.3 is 0 Å². The topological polar surface area (TPSA) is 32.9 Å². The smallest absolute Gasteiger partial charge is 0.248 e. The number of pyridine rings is 1. The van der Waals surface area contributed by atoms with Gasteiger partial charge in [0.25, 0.3) is 0 Å². The van der Waals surface area contributed by atoms with Crippen LogP contribution in [0.2, 0.25) is 0 Å².